The molecule has 0 aromatic rings. The van der Waals surface area contributed by atoms with Gasteiger partial charge in [0.15, 0.2) is 6.61 Å². The quantitative estimate of drug-likeness (QED) is 0.659. The van der Waals surface area contributed by atoms with E-state index in [0.29, 0.717) is 12.6 Å². The van der Waals surface area contributed by atoms with E-state index in [4.69, 9.17) is 9.47 Å². The molecule has 0 radical (unpaired) electrons. The molecule has 5 heteroatoms. The summed E-state index contributed by atoms with van der Waals surface area (Å²) < 4.78 is 9.54. The Morgan fingerprint density at radius 1 is 1.12 bits per heavy atom. The van der Waals surface area contributed by atoms with Gasteiger partial charge in [-0.1, -0.05) is 13.8 Å². The topological polar surface area (TPSA) is 64.6 Å². The van der Waals surface area contributed by atoms with Crippen molar-refractivity contribution in [3.05, 3.63) is 0 Å². The first-order valence-corrected chi connectivity index (χ1v) is 5.50. The normalized spacial score (nSPS) is 10.6. The summed E-state index contributed by atoms with van der Waals surface area (Å²) in [5.74, 6) is -0.908. The molecule has 0 aromatic heterocycles. The number of nitrogens with one attached hydrogen (secondary N) is 1. The van der Waals surface area contributed by atoms with Crippen LogP contribution in [0.15, 0.2) is 0 Å². The summed E-state index contributed by atoms with van der Waals surface area (Å²) in [6.07, 6.45) is 0.0708. The summed E-state index contributed by atoms with van der Waals surface area (Å²) in [7, 11) is 0. The molecule has 0 saturated carbocycles. The van der Waals surface area contributed by atoms with Gasteiger partial charge in [0.1, 0.15) is 0 Å². The number of carbonyl (C=O) groups is 2. The van der Waals surface area contributed by atoms with Gasteiger partial charge < -0.3 is 14.8 Å². The van der Waals surface area contributed by atoms with Crippen molar-refractivity contribution in [3.63, 3.8) is 0 Å². The fourth-order valence-corrected chi connectivity index (χ4v) is 0.971. The number of ether oxygens (including phenoxy) is 2. The third kappa shape index (κ3) is 9.45. The average Bonchev–Trinajstić information content (AvgIpc) is 2.13. The lowest BCUT2D eigenvalue weighted by atomic mass is 10.3. The SMILES string of the molecule is CC(C)NCCC(=O)OCC(=O)OC(C)C. The van der Waals surface area contributed by atoms with Crippen LogP contribution in [0, 0.1) is 0 Å². The molecule has 0 fully saturated rings. The van der Waals surface area contributed by atoms with E-state index in [1.165, 1.54) is 0 Å². The molecule has 0 amide bonds. The highest BCUT2D eigenvalue weighted by Gasteiger charge is 2.09. The number of rotatable bonds is 7. The number of esters is 2. The van der Waals surface area contributed by atoms with Crippen molar-refractivity contribution < 1.29 is 19.1 Å². The van der Waals surface area contributed by atoms with Gasteiger partial charge in [-0.15, -0.1) is 0 Å². The highest BCUT2D eigenvalue weighted by Crippen LogP contribution is 1.92. The fourth-order valence-electron chi connectivity index (χ4n) is 0.971. The second-order valence-electron chi connectivity index (χ2n) is 4.06. The molecule has 0 heterocycles. The molecule has 0 unspecified atom stereocenters. The van der Waals surface area contributed by atoms with Crippen LogP contribution in [-0.4, -0.2) is 37.2 Å². The lowest BCUT2D eigenvalue weighted by Gasteiger charge is -2.09. The Balaban J connectivity index is 3.53. The van der Waals surface area contributed by atoms with E-state index >= 15 is 0 Å². The minimum Gasteiger partial charge on any atom is -0.460 e. The predicted molar refractivity (Wildman–Crippen MR) is 59.9 cm³/mol. The molecule has 0 bridgehead atoms. The third-order valence-electron chi connectivity index (χ3n) is 1.60. The van der Waals surface area contributed by atoms with Crippen LogP contribution in [0.25, 0.3) is 0 Å². The molecule has 0 saturated heterocycles. The van der Waals surface area contributed by atoms with E-state index in [1.54, 1.807) is 13.8 Å². The Hall–Kier alpha value is -1.10. The van der Waals surface area contributed by atoms with Crippen molar-refractivity contribution in [2.75, 3.05) is 13.2 Å². The van der Waals surface area contributed by atoms with E-state index in [1.807, 2.05) is 13.8 Å². The van der Waals surface area contributed by atoms with Gasteiger partial charge in [0.05, 0.1) is 12.5 Å². The molecule has 16 heavy (non-hydrogen) atoms. The summed E-state index contributed by atoms with van der Waals surface area (Å²) >= 11 is 0. The van der Waals surface area contributed by atoms with E-state index < -0.39 is 11.9 Å². The molecule has 94 valence electrons. The Morgan fingerprint density at radius 3 is 2.25 bits per heavy atom. The summed E-state index contributed by atoms with van der Waals surface area (Å²) in [6, 6.07) is 0.332. The van der Waals surface area contributed by atoms with Gasteiger partial charge in [0, 0.05) is 12.6 Å². The van der Waals surface area contributed by atoms with Crippen LogP contribution in [0.3, 0.4) is 0 Å². The molecular weight excluding hydrogens is 210 g/mol. The van der Waals surface area contributed by atoms with Crippen LogP contribution >= 0.6 is 0 Å². The van der Waals surface area contributed by atoms with Gasteiger partial charge in [-0.05, 0) is 13.8 Å². The van der Waals surface area contributed by atoms with Gasteiger partial charge in [-0.3, -0.25) is 4.79 Å². The summed E-state index contributed by atoms with van der Waals surface area (Å²) in [5.41, 5.74) is 0. The molecule has 0 atom stereocenters. The van der Waals surface area contributed by atoms with Crippen LogP contribution in [0.2, 0.25) is 0 Å². The van der Waals surface area contributed by atoms with E-state index in [-0.39, 0.29) is 19.1 Å². The van der Waals surface area contributed by atoms with Crippen LogP contribution < -0.4 is 5.32 Å². The lowest BCUT2D eigenvalue weighted by molar-refractivity contribution is -0.161. The maximum atomic E-state index is 11.1. The Labute approximate surface area is 96.5 Å². The van der Waals surface area contributed by atoms with E-state index in [2.05, 4.69) is 5.32 Å². The van der Waals surface area contributed by atoms with Crippen LogP contribution in [0.5, 0.6) is 0 Å². The molecule has 0 aliphatic heterocycles. The first-order chi connectivity index (χ1) is 7.41. The maximum Gasteiger partial charge on any atom is 0.344 e. The summed E-state index contributed by atoms with van der Waals surface area (Å²) in [6.45, 7) is 7.71. The van der Waals surface area contributed by atoms with Crippen molar-refractivity contribution in [2.45, 2.75) is 46.3 Å². The van der Waals surface area contributed by atoms with Gasteiger partial charge >= 0.3 is 11.9 Å². The number of hydrogen-bond acceptors (Lipinski definition) is 5. The van der Waals surface area contributed by atoms with Crippen molar-refractivity contribution >= 4 is 11.9 Å². The van der Waals surface area contributed by atoms with Crippen LogP contribution in [0.4, 0.5) is 0 Å². The largest absolute Gasteiger partial charge is 0.460 e. The molecule has 0 aliphatic carbocycles. The Kier molecular flexibility index (Phi) is 7.54. The maximum absolute atomic E-state index is 11.1. The minimum absolute atomic E-state index is 0.186. The van der Waals surface area contributed by atoms with Gasteiger partial charge in [-0.25, -0.2) is 4.79 Å². The zero-order chi connectivity index (χ0) is 12.6. The zero-order valence-corrected chi connectivity index (χ0v) is 10.4. The molecular formula is C11H21NO4. The summed E-state index contributed by atoms with van der Waals surface area (Å²) in [5, 5.41) is 3.08. The zero-order valence-electron chi connectivity index (χ0n) is 10.4. The highest BCUT2D eigenvalue weighted by atomic mass is 16.6. The van der Waals surface area contributed by atoms with Crippen molar-refractivity contribution in [3.8, 4) is 0 Å². The Morgan fingerprint density at radius 2 is 1.75 bits per heavy atom. The second kappa shape index (κ2) is 8.10. The first kappa shape index (κ1) is 14.9. The molecule has 0 spiro atoms. The van der Waals surface area contributed by atoms with Gasteiger partial charge in [-0.2, -0.15) is 0 Å². The average molecular weight is 231 g/mol. The standard InChI is InChI=1S/C11H21NO4/c1-8(2)12-6-5-10(13)15-7-11(14)16-9(3)4/h8-9,12H,5-7H2,1-4H3. The smallest absolute Gasteiger partial charge is 0.344 e. The summed E-state index contributed by atoms with van der Waals surface area (Å²) in [4.78, 5) is 22.2. The highest BCUT2D eigenvalue weighted by molar-refractivity contribution is 5.76. The van der Waals surface area contributed by atoms with Gasteiger partial charge in [0.25, 0.3) is 0 Å². The number of hydrogen-bond donors (Lipinski definition) is 1. The van der Waals surface area contributed by atoms with E-state index in [0.717, 1.165) is 0 Å². The first-order valence-electron chi connectivity index (χ1n) is 5.50. The molecule has 0 aliphatic rings. The van der Waals surface area contributed by atoms with Crippen LogP contribution in [-0.2, 0) is 19.1 Å². The second-order valence-corrected chi connectivity index (χ2v) is 4.06. The van der Waals surface area contributed by atoms with Gasteiger partial charge in [0.2, 0.25) is 0 Å². The predicted octanol–water partition coefficient (Wildman–Crippen LogP) is 0.869. The molecule has 5 nitrogen and oxygen atoms in total. The lowest BCUT2D eigenvalue weighted by Crippen LogP contribution is -2.27. The van der Waals surface area contributed by atoms with E-state index in [9.17, 15) is 9.59 Å². The molecule has 0 aromatic carbocycles. The van der Waals surface area contributed by atoms with Crippen molar-refractivity contribution in [1.82, 2.24) is 5.32 Å². The minimum atomic E-state index is -0.514. The Bertz CT molecular complexity index is 226. The molecule has 0 rings (SSSR count). The van der Waals surface area contributed by atoms with Crippen molar-refractivity contribution in [1.29, 1.82) is 0 Å². The van der Waals surface area contributed by atoms with Crippen LogP contribution in [0.1, 0.15) is 34.1 Å². The third-order valence-corrected chi connectivity index (χ3v) is 1.60. The fraction of sp³-hybridized carbons (Fsp3) is 0.818. The monoisotopic (exact) mass is 231 g/mol. The molecule has 1 N–H and O–H groups in total. The van der Waals surface area contributed by atoms with Crippen molar-refractivity contribution in [2.24, 2.45) is 0 Å². The number of carbonyl (C=O) groups excluding carboxylic acids is 2.